The van der Waals surface area contributed by atoms with Gasteiger partial charge in [0.1, 0.15) is 0 Å². The van der Waals surface area contributed by atoms with Crippen LogP contribution in [-0.2, 0) is 30.7 Å². The standard InChI is InChI=1S/C19H27BO6/c1-7-12-11-13(20-25-17(3,4)18(5,6)26-20)9-10-14(12)19(8-2,15(21)22)16(23)24/h9-11H,7-8H2,1-6H3,(H,21,22)(H,23,24). The Bertz CT molecular complexity index is 695. The third-order valence-electron chi connectivity index (χ3n) is 5.76. The van der Waals surface area contributed by atoms with Crippen LogP contribution in [0.1, 0.15) is 59.1 Å². The van der Waals surface area contributed by atoms with E-state index in [0.29, 0.717) is 17.5 Å². The van der Waals surface area contributed by atoms with Gasteiger partial charge in [-0.25, -0.2) is 0 Å². The Labute approximate surface area is 154 Å². The van der Waals surface area contributed by atoms with Gasteiger partial charge in [-0.15, -0.1) is 0 Å². The number of benzene rings is 1. The van der Waals surface area contributed by atoms with Gasteiger partial charge in [-0.3, -0.25) is 9.59 Å². The summed E-state index contributed by atoms with van der Waals surface area (Å²) >= 11 is 0. The van der Waals surface area contributed by atoms with Crippen LogP contribution in [0.2, 0.25) is 0 Å². The molecular formula is C19H27BO6. The number of rotatable bonds is 6. The molecule has 0 atom stereocenters. The monoisotopic (exact) mass is 362 g/mol. The molecule has 0 saturated carbocycles. The second kappa shape index (κ2) is 6.70. The van der Waals surface area contributed by atoms with E-state index in [-0.39, 0.29) is 6.42 Å². The SMILES string of the molecule is CCc1cc(B2OC(C)(C)C(C)(C)O2)ccc1C(CC)(C(=O)O)C(=O)O. The molecule has 1 aromatic carbocycles. The van der Waals surface area contributed by atoms with E-state index in [1.807, 2.05) is 34.6 Å². The highest BCUT2D eigenvalue weighted by Gasteiger charge is 2.52. The Morgan fingerprint density at radius 3 is 1.92 bits per heavy atom. The quantitative estimate of drug-likeness (QED) is 0.596. The topological polar surface area (TPSA) is 93.1 Å². The molecule has 142 valence electrons. The minimum atomic E-state index is -1.96. The van der Waals surface area contributed by atoms with Gasteiger partial charge in [0.25, 0.3) is 0 Å². The fourth-order valence-corrected chi connectivity index (χ4v) is 3.26. The molecule has 0 bridgehead atoms. The molecule has 0 aliphatic carbocycles. The van der Waals surface area contributed by atoms with Crippen LogP contribution in [0.25, 0.3) is 0 Å². The van der Waals surface area contributed by atoms with Gasteiger partial charge in [0.05, 0.1) is 11.2 Å². The van der Waals surface area contributed by atoms with Crippen molar-refractivity contribution in [1.82, 2.24) is 0 Å². The number of aliphatic carboxylic acids is 2. The van der Waals surface area contributed by atoms with Crippen molar-refractivity contribution in [3.05, 3.63) is 29.3 Å². The van der Waals surface area contributed by atoms with E-state index in [4.69, 9.17) is 9.31 Å². The molecule has 1 fully saturated rings. The molecule has 0 spiro atoms. The van der Waals surface area contributed by atoms with E-state index in [2.05, 4.69) is 0 Å². The largest absolute Gasteiger partial charge is 0.494 e. The Balaban J connectivity index is 2.52. The molecule has 0 radical (unpaired) electrons. The van der Waals surface area contributed by atoms with Crippen molar-refractivity contribution >= 4 is 24.5 Å². The molecule has 2 rings (SSSR count). The molecule has 26 heavy (non-hydrogen) atoms. The maximum absolute atomic E-state index is 11.8. The van der Waals surface area contributed by atoms with Gasteiger partial charge in [0, 0.05) is 0 Å². The van der Waals surface area contributed by atoms with Crippen molar-refractivity contribution < 1.29 is 29.1 Å². The zero-order valence-corrected chi connectivity index (χ0v) is 16.3. The minimum Gasteiger partial charge on any atom is -0.480 e. The number of hydrogen-bond acceptors (Lipinski definition) is 4. The first-order valence-electron chi connectivity index (χ1n) is 8.88. The summed E-state index contributed by atoms with van der Waals surface area (Å²) in [5, 5.41) is 19.3. The number of aryl methyl sites for hydroxylation is 1. The van der Waals surface area contributed by atoms with Gasteiger partial charge in [-0.2, -0.15) is 0 Å². The summed E-state index contributed by atoms with van der Waals surface area (Å²) in [4.78, 5) is 23.7. The lowest BCUT2D eigenvalue weighted by Crippen LogP contribution is -2.44. The zero-order chi connectivity index (χ0) is 19.9. The molecule has 2 N–H and O–H groups in total. The van der Waals surface area contributed by atoms with Gasteiger partial charge >= 0.3 is 19.1 Å². The van der Waals surface area contributed by atoms with Crippen molar-refractivity contribution in [1.29, 1.82) is 0 Å². The summed E-state index contributed by atoms with van der Waals surface area (Å²) in [6, 6.07) is 5.09. The normalized spacial score (nSPS) is 18.8. The van der Waals surface area contributed by atoms with E-state index in [9.17, 15) is 19.8 Å². The second-order valence-electron chi connectivity index (χ2n) is 7.73. The van der Waals surface area contributed by atoms with Crippen molar-refractivity contribution in [3.63, 3.8) is 0 Å². The van der Waals surface area contributed by atoms with Gasteiger partial charge < -0.3 is 19.5 Å². The first-order chi connectivity index (χ1) is 11.9. The van der Waals surface area contributed by atoms with Crippen LogP contribution in [-0.4, -0.2) is 40.5 Å². The first-order valence-corrected chi connectivity index (χ1v) is 8.88. The molecule has 6 nitrogen and oxygen atoms in total. The summed E-state index contributed by atoms with van der Waals surface area (Å²) in [7, 11) is -0.579. The Morgan fingerprint density at radius 2 is 1.54 bits per heavy atom. The van der Waals surface area contributed by atoms with E-state index in [1.54, 1.807) is 25.1 Å². The van der Waals surface area contributed by atoms with Crippen LogP contribution < -0.4 is 5.46 Å². The molecule has 0 aromatic heterocycles. The van der Waals surface area contributed by atoms with Gasteiger partial charge in [0.15, 0.2) is 5.41 Å². The molecule has 0 unspecified atom stereocenters. The van der Waals surface area contributed by atoms with Gasteiger partial charge in [-0.05, 0) is 57.1 Å². The number of carbonyl (C=O) groups is 2. The highest BCUT2D eigenvalue weighted by Crippen LogP contribution is 2.37. The van der Waals surface area contributed by atoms with E-state index >= 15 is 0 Å². The maximum Gasteiger partial charge on any atom is 0.494 e. The summed E-state index contributed by atoms with van der Waals surface area (Å²) in [5.74, 6) is -2.71. The molecule has 1 aliphatic rings. The zero-order valence-electron chi connectivity index (χ0n) is 16.3. The average Bonchev–Trinajstić information content (AvgIpc) is 2.76. The third kappa shape index (κ3) is 3.03. The Morgan fingerprint density at radius 1 is 1.04 bits per heavy atom. The lowest BCUT2D eigenvalue weighted by atomic mass is 9.71. The Kier molecular flexibility index (Phi) is 5.28. The predicted octanol–water partition coefficient (Wildman–Crippen LogP) is 2.37. The summed E-state index contributed by atoms with van der Waals surface area (Å²) in [5.41, 5.74) is -1.20. The summed E-state index contributed by atoms with van der Waals surface area (Å²) in [6.07, 6.45) is 0.464. The van der Waals surface area contributed by atoms with E-state index < -0.39 is 35.7 Å². The van der Waals surface area contributed by atoms with Crippen LogP contribution in [0.5, 0.6) is 0 Å². The third-order valence-corrected chi connectivity index (χ3v) is 5.76. The molecular weight excluding hydrogens is 335 g/mol. The Hall–Kier alpha value is -1.86. The molecule has 1 saturated heterocycles. The van der Waals surface area contributed by atoms with Crippen molar-refractivity contribution in [2.75, 3.05) is 0 Å². The predicted molar refractivity (Wildman–Crippen MR) is 98.8 cm³/mol. The van der Waals surface area contributed by atoms with Crippen LogP contribution >= 0.6 is 0 Å². The van der Waals surface area contributed by atoms with Crippen molar-refractivity contribution in [3.8, 4) is 0 Å². The van der Waals surface area contributed by atoms with Crippen molar-refractivity contribution in [2.24, 2.45) is 0 Å². The highest BCUT2D eigenvalue weighted by molar-refractivity contribution is 6.62. The number of carboxylic acids is 2. The molecule has 7 heteroatoms. The smallest absolute Gasteiger partial charge is 0.480 e. The van der Waals surface area contributed by atoms with E-state index in [1.165, 1.54) is 0 Å². The van der Waals surface area contributed by atoms with Crippen molar-refractivity contribution in [2.45, 2.75) is 71.0 Å². The molecule has 0 amide bonds. The van der Waals surface area contributed by atoms with Gasteiger partial charge in [-0.1, -0.05) is 32.0 Å². The van der Waals surface area contributed by atoms with Crippen LogP contribution in [0.15, 0.2) is 18.2 Å². The fourth-order valence-electron chi connectivity index (χ4n) is 3.26. The number of carboxylic acid groups (broad SMARTS) is 2. The summed E-state index contributed by atoms with van der Waals surface area (Å²) in [6.45, 7) is 11.3. The minimum absolute atomic E-state index is 0.0412. The molecule has 1 aliphatic heterocycles. The number of hydrogen-bond donors (Lipinski definition) is 2. The average molecular weight is 362 g/mol. The molecule has 1 aromatic rings. The first kappa shape index (κ1) is 20.5. The highest BCUT2D eigenvalue weighted by atomic mass is 16.7. The molecule has 1 heterocycles. The van der Waals surface area contributed by atoms with E-state index in [0.717, 1.165) is 5.46 Å². The maximum atomic E-state index is 11.8. The van der Waals surface area contributed by atoms with Gasteiger partial charge in [0.2, 0.25) is 0 Å². The second-order valence-corrected chi connectivity index (χ2v) is 7.73. The lowest BCUT2D eigenvalue weighted by Gasteiger charge is -2.32. The fraction of sp³-hybridized carbons (Fsp3) is 0.579. The summed E-state index contributed by atoms with van der Waals surface area (Å²) < 4.78 is 12.1. The van der Waals surface area contributed by atoms with Crippen LogP contribution in [0, 0.1) is 0 Å². The lowest BCUT2D eigenvalue weighted by molar-refractivity contribution is -0.157. The van der Waals surface area contributed by atoms with Crippen LogP contribution in [0.4, 0.5) is 0 Å². The van der Waals surface area contributed by atoms with Crippen LogP contribution in [0.3, 0.4) is 0 Å².